The Bertz CT molecular complexity index is 1290. The van der Waals surface area contributed by atoms with Crippen LogP contribution in [0, 0.1) is 5.41 Å². The Labute approximate surface area is 231 Å². The van der Waals surface area contributed by atoms with Gasteiger partial charge in [-0.3, -0.25) is 5.41 Å². The quantitative estimate of drug-likeness (QED) is 0.234. The highest BCUT2D eigenvalue weighted by atomic mass is 16.5. The lowest BCUT2D eigenvalue weighted by molar-refractivity contribution is -0.152. The Morgan fingerprint density at radius 2 is 2.05 bits per heavy atom. The molecular weight excluding hydrogens is 494 g/mol. The van der Waals surface area contributed by atoms with E-state index in [9.17, 15) is 4.79 Å². The SMILES string of the molecule is CCCCCOC1C=C(N2CCCN(Cc3ccnc4c3ccn4C(C)(C)C(=O)OCC)C2=N)C=C=C1OC. The first-order chi connectivity index (χ1) is 18.8. The van der Waals surface area contributed by atoms with Crippen LogP contribution in [-0.4, -0.2) is 70.8 Å². The zero-order chi connectivity index (χ0) is 28.0. The number of aromatic nitrogens is 2. The number of pyridine rings is 1. The van der Waals surface area contributed by atoms with Gasteiger partial charge in [0.2, 0.25) is 0 Å². The van der Waals surface area contributed by atoms with Crippen LogP contribution in [0.2, 0.25) is 0 Å². The zero-order valence-electron chi connectivity index (χ0n) is 23.8. The lowest BCUT2D eigenvalue weighted by Gasteiger charge is -2.39. The average Bonchev–Trinajstić information content (AvgIpc) is 3.38. The van der Waals surface area contributed by atoms with Gasteiger partial charge < -0.3 is 28.6 Å². The van der Waals surface area contributed by atoms with Gasteiger partial charge in [-0.2, -0.15) is 0 Å². The number of hydrogen-bond acceptors (Lipinski definition) is 6. The number of esters is 1. The summed E-state index contributed by atoms with van der Waals surface area (Å²) in [6.45, 7) is 10.7. The summed E-state index contributed by atoms with van der Waals surface area (Å²) in [5.74, 6) is 0.799. The van der Waals surface area contributed by atoms with E-state index in [0.29, 0.717) is 31.5 Å². The van der Waals surface area contributed by atoms with Crippen molar-refractivity contribution < 1.29 is 19.0 Å². The summed E-state index contributed by atoms with van der Waals surface area (Å²) in [6.07, 6.45) is 11.5. The van der Waals surface area contributed by atoms with Crippen LogP contribution in [0.15, 0.2) is 53.9 Å². The molecule has 0 amide bonds. The topological polar surface area (TPSA) is 92.9 Å². The fourth-order valence-electron chi connectivity index (χ4n) is 5.04. The predicted molar refractivity (Wildman–Crippen MR) is 151 cm³/mol. The van der Waals surface area contributed by atoms with Crippen molar-refractivity contribution in [2.24, 2.45) is 0 Å². The van der Waals surface area contributed by atoms with Crippen LogP contribution >= 0.6 is 0 Å². The molecule has 1 saturated heterocycles. The van der Waals surface area contributed by atoms with E-state index in [4.69, 9.17) is 19.6 Å². The Kier molecular flexibility index (Phi) is 9.15. The number of unbranched alkanes of at least 4 members (excludes halogenated alkanes) is 2. The molecule has 210 valence electrons. The number of guanidine groups is 1. The van der Waals surface area contributed by atoms with Gasteiger partial charge in [-0.25, -0.2) is 9.78 Å². The van der Waals surface area contributed by atoms with Gasteiger partial charge in [-0.15, -0.1) is 0 Å². The number of nitrogens with one attached hydrogen (secondary N) is 1. The highest BCUT2D eigenvalue weighted by Gasteiger charge is 2.33. The van der Waals surface area contributed by atoms with Gasteiger partial charge in [0.15, 0.2) is 11.7 Å². The van der Waals surface area contributed by atoms with E-state index in [-0.39, 0.29) is 12.1 Å². The molecule has 4 rings (SSSR count). The molecule has 2 aromatic rings. The summed E-state index contributed by atoms with van der Waals surface area (Å²) < 4.78 is 18.8. The van der Waals surface area contributed by atoms with Crippen LogP contribution in [0.1, 0.15) is 58.9 Å². The molecule has 1 fully saturated rings. The van der Waals surface area contributed by atoms with Crippen molar-refractivity contribution in [1.82, 2.24) is 19.4 Å². The maximum Gasteiger partial charge on any atom is 0.331 e. The maximum atomic E-state index is 12.6. The van der Waals surface area contributed by atoms with Crippen molar-refractivity contribution in [2.75, 3.05) is 33.4 Å². The number of hydrogen-bond donors (Lipinski definition) is 1. The molecular formula is C30H41N5O4. The van der Waals surface area contributed by atoms with Crippen LogP contribution in [0.5, 0.6) is 0 Å². The minimum absolute atomic E-state index is 0.296. The lowest BCUT2D eigenvalue weighted by Crippen LogP contribution is -2.48. The van der Waals surface area contributed by atoms with Crippen molar-refractivity contribution in [2.45, 2.75) is 71.6 Å². The summed E-state index contributed by atoms with van der Waals surface area (Å²) in [5, 5.41) is 10.0. The third-order valence-electron chi connectivity index (χ3n) is 7.30. The molecule has 0 bridgehead atoms. The largest absolute Gasteiger partial charge is 0.490 e. The summed E-state index contributed by atoms with van der Waals surface area (Å²) >= 11 is 0. The van der Waals surface area contributed by atoms with E-state index in [1.54, 1.807) is 13.3 Å². The minimum Gasteiger partial charge on any atom is -0.490 e. The lowest BCUT2D eigenvalue weighted by atomic mass is 10.1. The number of fused-ring (bicyclic) bond motifs is 1. The number of allylic oxidation sites excluding steroid dienone is 1. The fourth-order valence-corrected chi connectivity index (χ4v) is 5.04. The van der Waals surface area contributed by atoms with Gasteiger partial charge in [-0.05, 0) is 57.4 Å². The van der Waals surface area contributed by atoms with Crippen LogP contribution in [0.25, 0.3) is 11.0 Å². The van der Waals surface area contributed by atoms with Gasteiger partial charge in [0.25, 0.3) is 0 Å². The fraction of sp³-hybridized carbons (Fsp3) is 0.533. The van der Waals surface area contributed by atoms with Crippen LogP contribution in [0.4, 0.5) is 0 Å². The van der Waals surface area contributed by atoms with E-state index in [0.717, 1.165) is 61.1 Å². The smallest absolute Gasteiger partial charge is 0.331 e. The molecule has 3 heterocycles. The second-order valence-corrected chi connectivity index (χ2v) is 10.4. The summed E-state index contributed by atoms with van der Waals surface area (Å²) in [7, 11) is 1.64. The Balaban J connectivity index is 1.53. The molecule has 0 radical (unpaired) electrons. The molecule has 1 N–H and O–H groups in total. The number of rotatable bonds is 12. The summed E-state index contributed by atoms with van der Waals surface area (Å²) in [6, 6.07) is 3.98. The third kappa shape index (κ3) is 6.05. The van der Waals surface area contributed by atoms with E-state index in [2.05, 4.69) is 22.5 Å². The minimum atomic E-state index is -0.887. The van der Waals surface area contributed by atoms with Gasteiger partial charge in [-0.1, -0.05) is 25.5 Å². The molecule has 2 aromatic heterocycles. The molecule has 39 heavy (non-hydrogen) atoms. The molecule has 1 unspecified atom stereocenters. The number of carbonyl (C=O) groups is 1. The van der Waals surface area contributed by atoms with Crippen molar-refractivity contribution in [3.05, 3.63) is 59.4 Å². The van der Waals surface area contributed by atoms with E-state index >= 15 is 0 Å². The third-order valence-corrected chi connectivity index (χ3v) is 7.30. The summed E-state index contributed by atoms with van der Waals surface area (Å²) in [5.41, 5.74) is 5.01. The Hall–Kier alpha value is -3.55. The highest BCUT2D eigenvalue weighted by molar-refractivity contribution is 5.86. The van der Waals surface area contributed by atoms with Crippen molar-refractivity contribution >= 4 is 23.0 Å². The molecule has 9 heteroatoms. The normalized spacial score (nSPS) is 17.9. The molecule has 0 saturated carbocycles. The second kappa shape index (κ2) is 12.5. The first kappa shape index (κ1) is 28.5. The number of ether oxygens (including phenoxy) is 3. The maximum absolute atomic E-state index is 12.6. The standard InChI is InChI=1S/C30H41N5O4/c1-6-8-9-19-39-26-20-23(11-12-25(26)37-5)34-17-10-16-33(29(34)31)21-22-13-15-32-27-24(22)14-18-35(27)30(3,4)28(36)38-7-2/h11,13-15,18,20,26,31H,6-10,16-17,19,21H2,1-5H3. The molecule has 9 nitrogen and oxygen atoms in total. The molecule has 1 aliphatic carbocycles. The van der Waals surface area contributed by atoms with Gasteiger partial charge >= 0.3 is 5.97 Å². The first-order valence-electron chi connectivity index (χ1n) is 13.9. The van der Waals surface area contributed by atoms with E-state index in [1.807, 2.05) is 60.7 Å². The van der Waals surface area contributed by atoms with Crippen molar-refractivity contribution in [3.63, 3.8) is 0 Å². The zero-order valence-corrected chi connectivity index (χ0v) is 23.8. The van der Waals surface area contributed by atoms with Crippen LogP contribution < -0.4 is 0 Å². The number of carbonyl (C=O) groups excluding carboxylic acids is 1. The van der Waals surface area contributed by atoms with Crippen molar-refractivity contribution in [3.8, 4) is 0 Å². The Morgan fingerprint density at radius 3 is 2.79 bits per heavy atom. The van der Waals surface area contributed by atoms with E-state index in [1.165, 1.54) is 0 Å². The average molecular weight is 536 g/mol. The van der Waals surface area contributed by atoms with Crippen LogP contribution in [0.3, 0.4) is 0 Å². The van der Waals surface area contributed by atoms with Crippen molar-refractivity contribution in [1.29, 1.82) is 5.41 Å². The molecule has 1 atom stereocenters. The monoisotopic (exact) mass is 535 g/mol. The van der Waals surface area contributed by atoms with Gasteiger partial charge in [0.05, 0.1) is 19.4 Å². The van der Waals surface area contributed by atoms with Gasteiger partial charge in [0, 0.05) is 50.1 Å². The van der Waals surface area contributed by atoms with E-state index < -0.39 is 5.54 Å². The Morgan fingerprint density at radius 1 is 1.23 bits per heavy atom. The second-order valence-electron chi connectivity index (χ2n) is 10.4. The molecule has 2 aliphatic rings. The number of methoxy groups -OCH3 is 1. The number of nitrogens with zero attached hydrogens (tertiary/aromatic N) is 4. The first-order valence-corrected chi connectivity index (χ1v) is 13.9. The molecule has 0 aromatic carbocycles. The summed E-state index contributed by atoms with van der Waals surface area (Å²) in [4.78, 5) is 21.3. The van der Waals surface area contributed by atoms with Gasteiger partial charge in [0.1, 0.15) is 17.3 Å². The highest BCUT2D eigenvalue weighted by Crippen LogP contribution is 2.28. The molecule has 1 aliphatic heterocycles. The van der Waals surface area contributed by atoms with Crippen LogP contribution in [-0.2, 0) is 31.1 Å². The predicted octanol–water partition coefficient (Wildman–Crippen LogP) is 4.94. The molecule has 0 spiro atoms.